The lowest BCUT2D eigenvalue weighted by Gasteiger charge is -2.11. The number of Topliss-reactive ketones (excluding diaryl/α,β-unsaturated/α-hetero) is 1. The third-order valence-corrected chi connectivity index (χ3v) is 4.46. The molecule has 0 aliphatic carbocycles. The summed E-state index contributed by atoms with van der Waals surface area (Å²) in [6.45, 7) is 3.26. The molecule has 4 rings (SSSR count). The molecule has 0 radical (unpaired) electrons. The van der Waals surface area contributed by atoms with Crippen molar-refractivity contribution in [2.45, 2.75) is 20.0 Å². The number of allylic oxidation sites excluding steroid dienone is 1. The van der Waals surface area contributed by atoms with Gasteiger partial charge in [-0.15, -0.1) is 0 Å². The molecule has 1 saturated heterocycles. The molecule has 3 aromatic rings. The lowest BCUT2D eigenvalue weighted by atomic mass is 10.0. The predicted molar refractivity (Wildman–Crippen MR) is 108 cm³/mol. The second kappa shape index (κ2) is 8.10. The molecule has 1 fully saturated rings. The Labute approximate surface area is 175 Å². The molecule has 0 bridgehead atoms. The zero-order chi connectivity index (χ0) is 22.1. The molecule has 1 aromatic carbocycles. The van der Waals surface area contributed by atoms with Crippen LogP contribution in [0.5, 0.6) is 0 Å². The second-order valence-corrected chi connectivity index (χ2v) is 7.08. The summed E-state index contributed by atoms with van der Waals surface area (Å²) in [6, 6.07) is 6.29. The summed E-state index contributed by atoms with van der Waals surface area (Å²) in [5.41, 5.74) is 0.943. The van der Waals surface area contributed by atoms with Crippen molar-refractivity contribution in [3.63, 3.8) is 0 Å². The van der Waals surface area contributed by atoms with E-state index in [1.807, 2.05) is 0 Å². The Balaban J connectivity index is 1.76. The highest BCUT2D eigenvalue weighted by Crippen LogP contribution is 2.30. The van der Waals surface area contributed by atoms with Gasteiger partial charge in [-0.25, -0.2) is 18.8 Å². The number of aromatic amines is 1. The number of benzene rings is 1. The van der Waals surface area contributed by atoms with Gasteiger partial charge in [0.1, 0.15) is 17.2 Å². The zero-order valence-electron chi connectivity index (χ0n) is 16.6. The monoisotopic (exact) mass is 425 g/mol. The Morgan fingerprint density at radius 1 is 1.32 bits per heavy atom. The number of nitrogens with one attached hydrogen (secondary N) is 1. The molecule has 1 atom stereocenters. The van der Waals surface area contributed by atoms with Crippen LogP contribution in [0, 0.1) is 17.6 Å². The molecule has 3 heterocycles. The highest BCUT2D eigenvalue weighted by molar-refractivity contribution is 6.27. The Hall–Kier alpha value is -3.88. The third kappa shape index (κ3) is 4.07. The molecule has 2 aromatic heterocycles. The van der Waals surface area contributed by atoms with Crippen LogP contribution in [0.15, 0.2) is 53.5 Å². The normalized spacial score (nSPS) is 18.9. The van der Waals surface area contributed by atoms with Crippen molar-refractivity contribution < 1.29 is 27.8 Å². The third-order valence-electron chi connectivity index (χ3n) is 4.46. The first kappa shape index (κ1) is 20.4. The van der Waals surface area contributed by atoms with E-state index in [1.54, 1.807) is 38.4 Å². The van der Waals surface area contributed by atoms with Gasteiger partial charge in [-0.05, 0) is 44.2 Å². The van der Waals surface area contributed by atoms with Gasteiger partial charge < -0.3 is 14.5 Å². The number of pyridine rings is 1. The van der Waals surface area contributed by atoms with E-state index in [0.29, 0.717) is 17.3 Å². The number of nitrogens with zero attached hydrogens (tertiary/aromatic N) is 2. The van der Waals surface area contributed by atoms with Gasteiger partial charge in [0.15, 0.2) is 17.5 Å². The summed E-state index contributed by atoms with van der Waals surface area (Å²) < 4.78 is 38.0. The Bertz CT molecular complexity index is 1250. The second-order valence-electron chi connectivity index (χ2n) is 7.08. The fraction of sp³-hybridized carbons (Fsp3) is 0.182. The number of carbonyl (C=O) groups excluding carboxylic acids is 2. The molecule has 0 amide bonds. The molecule has 7 nitrogen and oxygen atoms in total. The molecule has 1 unspecified atom stereocenters. The largest absolute Gasteiger partial charge is 0.462 e. The molecular formula is C22H17F2N3O4. The summed E-state index contributed by atoms with van der Waals surface area (Å²) >= 11 is 0. The van der Waals surface area contributed by atoms with Gasteiger partial charge in [0, 0.05) is 29.4 Å². The lowest BCUT2D eigenvalue weighted by molar-refractivity contribution is -0.151. The van der Waals surface area contributed by atoms with Crippen molar-refractivity contribution in [3.05, 3.63) is 65.7 Å². The minimum Gasteiger partial charge on any atom is -0.462 e. The van der Waals surface area contributed by atoms with Gasteiger partial charge in [-0.2, -0.15) is 0 Å². The average Bonchev–Trinajstić information content (AvgIpc) is 3.25. The number of H-pyrrole nitrogens is 1. The van der Waals surface area contributed by atoms with Crippen molar-refractivity contribution in [2.24, 2.45) is 10.9 Å². The minimum absolute atomic E-state index is 0.156. The molecule has 31 heavy (non-hydrogen) atoms. The lowest BCUT2D eigenvalue weighted by Crippen LogP contribution is -2.29. The molecule has 158 valence electrons. The van der Waals surface area contributed by atoms with E-state index in [9.17, 15) is 18.4 Å². The van der Waals surface area contributed by atoms with E-state index in [-0.39, 0.29) is 17.3 Å². The average molecular weight is 425 g/mol. The van der Waals surface area contributed by atoms with Crippen molar-refractivity contribution in [3.8, 4) is 0 Å². The van der Waals surface area contributed by atoms with E-state index in [1.165, 1.54) is 6.08 Å². The van der Waals surface area contributed by atoms with Gasteiger partial charge in [-0.1, -0.05) is 0 Å². The van der Waals surface area contributed by atoms with E-state index in [0.717, 1.165) is 17.5 Å². The van der Waals surface area contributed by atoms with Crippen LogP contribution in [0.1, 0.15) is 19.4 Å². The Kier molecular flexibility index (Phi) is 5.33. The topological polar surface area (TPSA) is 93.6 Å². The van der Waals surface area contributed by atoms with Gasteiger partial charge in [0.2, 0.25) is 11.7 Å². The smallest absolute Gasteiger partial charge is 0.326 e. The summed E-state index contributed by atoms with van der Waals surface area (Å²) in [5.74, 6) is -5.28. The van der Waals surface area contributed by atoms with E-state index in [2.05, 4.69) is 15.0 Å². The first-order chi connectivity index (χ1) is 14.8. The van der Waals surface area contributed by atoms with Crippen molar-refractivity contribution in [2.75, 3.05) is 0 Å². The summed E-state index contributed by atoms with van der Waals surface area (Å²) in [5, 5.41) is 0.739. The van der Waals surface area contributed by atoms with E-state index < -0.39 is 35.4 Å². The Morgan fingerprint density at radius 3 is 2.87 bits per heavy atom. The maximum atomic E-state index is 14.1. The molecule has 0 saturated carbocycles. The van der Waals surface area contributed by atoms with Crippen LogP contribution in [0.2, 0.25) is 0 Å². The summed E-state index contributed by atoms with van der Waals surface area (Å²) in [4.78, 5) is 36.7. The highest BCUT2D eigenvalue weighted by Gasteiger charge is 2.45. The highest BCUT2D eigenvalue weighted by atomic mass is 19.1. The van der Waals surface area contributed by atoms with Crippen LogP contribution in [0.4, 0.5) is 14.5 Å². The maximum absolute atomic E-state index is 14.1. The number of esters is 1. The summed E-state index contributed by atoms with van der Waals surface area (Å²) in [6.07, 6.45) is 4.21. The van der Waals surface area contributed by atoms with Gasteiger partial charge in [0.25, 0.3) is 0 Å². The van der Waals surface area contributed by atoms with E-state index in [4.69, 9.17) is 9.47 Å². The quantitative estimate of drug-likeness (QED) is 0.386. The van der Waals surface area contributed by atoms with Gasteiger partial charge >= 0.3 is 5.97 Å². The van der Waals surface area contributed by atoms with Crippen LogP contribution >= 0.6 is 0 Å². The zero-order valence-corrected chi connectivity index (χ0v) is 16.6. The number of ketones is 1. The maximum Gasteiger partial charge on any atom is 0.326 e. The first-order valence-corrected chi connectivity index (χ1v) is 9.43. The van der Waals surface area contributed by atoms with Crippen LogP contribution in [-0.4, -0.2) is 33.7 Å². The molecular weight excluding hydrogens is 408 g/mol. The number of rotatable bonds is 4. The fourth-order valence-electron chi connectivity index (χ4n) is 3.10. The molecule has 1 aliphatic heterocycles. The summed E-state index contributed by atoms with van der Waals surface area (Å²) in [7, 11) is 0. The predicted octanol–water partition coefficient (Wildman–Crippen LogP) is 4.08. The van der Waals surface area contributed by atoms with Gasteiger partial charge in [-0.3, -0.25) is 9.59 Å². The van der Waals surface area contributed by atoms with Crippen LogP contribution in [0.25, 0.3) is 17.1 Å². The standard InChI is InChI=1S/C22H17F2N3O4/c1-11(2)30-22(29)18-19(28)17(8-12-10-26-20-14(12)4-3-7-25-20)31-21(18)27-16-6-5-13(23)9-15(16)24/h3-11,18H,1-2H3,(H,25,26)/b17-8-,27-21?. The number of hydrogen-bond acceptors (Lipinski definition) is 6. The SMILES string of the molecule is CC(C)OC(=O)C1C(=O)/C(=C/c2c[nH]c3ncccc23)OC1=Nc1ccc(F)cc1F. The van der Waals surface area contributed by atoms with Crippen LogP contribution in [0.3, 0.4) is 0 Å². The van der Waals surface area contributed by atoms with Crippen molar-refractivity contribution in [1.82, 2.24) is 9.97 Å². The van der Waals surface area contributed by atoms with Crippen molar-refractivity contribution in [1.29, 1.82) is 0 Å². The number of aromatic nitrogens is 2. The minimum atomic E-state index is -1.50. The molecule has 1 aliphatic rings. The number of aliphatic imine (C=N–C) groups is 1. The van der Waals surface area contributed by atoms with Gasteiger partial charge in [0.05, 0.1) is 6.10 Å². The fourth-order valence-corrected chi connectivity index (χ4v) is 3.10. The van der Waals surface area contributed by atoms with Crippen molar-refractivity contribution >= 4 is 40.4 Å². The molecule has 0 spiro atoms. The first-order valence-electron chi connectivity index (χ1n) is 9.43. The van der Waals surface area contributed by atoms with Crippen LogP contribution in [-0.2, 0) is 19.1 Å². The number of hydrogen-bond donors (Lipinski definition) is 1. The molecule has 1 N–H and O–H groups in total. The number of ether oxygens (including phenoxy) is 2. The Morgan fingerprint density at radius 2 is 2.13 bits per heavy atom. The number of halogens is 2. The van der Waals surface area contributed by atoms with E-state index >= 15 is 0 Å². The molecule has 9 heteroatoms. The van der Waals surface area contributed by atoms with Crippen LogP contribution < -0.4 is 0 Å². The number of fused-ring (bicyclic) bond motifs is 1. The number of carbonyl (C=O) groups is 2.